The van der Waals surface area contributed by atoms with Crippen molar-refractivity contribution in [3.63, 3.8) is 0 Å². The molecule has 1 heterocycles. The third kappa shape index (κ3) is 5.85. The molecule has 1 aliphatic rings. The van der Waals surface area contributed by atoms with E-state index in [4.69, 9.17) is 9.47 Å². The van der Waals surface area contributed by atoms with E-state index in [0.29, 0.717) is 19.4 Å². The Bertz CT molecular complexity index is 342. The van der Waals surface area contributed by atoms with Crippen molar-refractivity contribution in [1.29, 1.82) is 0 Å². The van der Waals surface area contributed by atoms with Gasteiger partial charge in [-0.15, -0.1) is 0 Å². The lowest BCUT2D eigenvalue weighted by molar-refractivity contribution is -0.208. The monoisotopic (exact) mass is 300 g/mol. The summed E-state index contributed by atoms with van der Waals surface area (Å²) in [4.78, 5) is 23.9. The summed E-state index contributed by atoms with van der Waals surface area (Å²) >= 11 is 0. The molecule has 0 spiro atoms. The average Bonchev–Trinajstić information content (AvgIpc) is 2.46. The van der Waals surface area contributed by atoms with E-state index in [2.05, 4.69) is 6.92 Å². The molecule has 5 heteroatoms. The van der Waals surface area contributed by atoms with E-state index in [1.54, 1.807) is 7.11 Å². The number of rotatable bonds is 9. The van der Waals surface area contributed by atoms with Gasteiger partial charge in [-0.1, -0.05) is 20.3 Å². The van der Waals surface area contributed by atoms with E-state index in [1.807, 2.05) is 6.92 Å². The van der Waals surface area contributed by atoms with Gasteiger partial charge < -0.3 is 14.6 Å². The van der Waals surface area contributed by atoms with Gasteiger partial charge in [-0.3, -0.25) is 9.59 Å². The summed E-state index contributed by atoms with van der Waals surface area (Å²) in [6, 6.07) is 0. The summed E-state index contributed by atoms with van der Waals surface area (Å²) < 4.78 is 10.4. The number of carbonyl (C=O) groups is 2. The van der Waals surface area contributed by atoms with Crippen LogP contribution in [-0.2, 0) is 19.1 Å². The predicted octanol–water partition coefficient (Wildman–Crippen LogP) is 2.10. The van der Waals surface area contributed by atoms with Gasteiger partial charge in [0, 0.05) is 38.2 Å². The summed E-state index contributed by atoms with van der Waals surface area (Å²) in [5.74, 6) is -0.299. The first-order chi connectivity index (χ1) is 9.99. The van der Waals surface area contributed by atoms with Crippen LogP contribution >= 0.6 is 0 Å². The van der Waals surface area contributed by atoms with Gasteiger partial charge in [0.2, 0.25) is 0 Å². The lowest BCUT2D eigenvalue weighted by Crippen LogP contribution is -2.43. The summed E-state index contributed by atoms with van der Waals surface area (Å²) in [5, 5.41) is 9.93. The third-order valence-electron chi connectivity index (χ3n) is 4.19. The molecule has 1 saturated heterocycles. The molecule has 0 aliphatic carbocycles. The molecule has 122 valence electrons. The number of hydrogen-bond donors (Lipinski definition) is 1. The molecule has 1 rings (SSSR count). The highest BCUT2D eigenvalue weighted by molar-refractivity contribution is 5.87. The standard InChI is InChI=1S/C16H28O5/c1-4-5-13-10-14(11(2)16(19)21-13)15(18)7-6-12(17)8-9-20-3/h11,13-14,16,19H,4-10H2,1-3H3. The van der Waals surface area contributed by atoms with Crippen molar-refractivity contribution in [2.45, 2.75) is 64.8 Å². The zero-order valence-electron chi connectivity index (χ0n) is 13.3. The number of carbonyl (C=O) groups excluding carboxylic acids is 2. The van der Waals surface area contributed by atoms with Crippen LogP contribution in [0.2, 0.25) is 0 Å². The van der Waals surface area contributed by atoms with Crippen LogP contribution in [0, 0.1) is 11.8 Å². The second-order valence-electron chi connectivity index (χ2n) is 5.89. The summed E-state index contributed by atoms with van der Waals surface area (Å²) in [6.45, 7) is 4.29. The minimum Gasteiger partial charge on any atom is -0.384 e. The molecular formula is C16H28O5. The molecule has 4 unspecified atom stereocenters. The molecule has 0 saturated carbocycles. The fourth-order valence-electron chi connectivity index (χ4n) is 2.79. The molecule has 0 bridgehead atoms. The molecular weight excluding hydrogens is 272 g/mol. The number of aliphatic hydroxyl groups is 1. The van der Waals surface area contributed by atoms with Gasteiger partial charge in [0.1, 0.15) is 11.6 Å². The van der Waals surface area contributed by atoms with Crippen molar-refractivity contribution in [3.8, 4) is 0 Å². The summed E-state index contributed by atoms with van der Waals surface area (Å²) in [5.41, 5.74) is 0. The first kappa shape index (κ1) is 18.3. The topological polar surface area (TPSA) is 72.8 Å². The Morgan fingerprint density at radius 3 is 2.62 bits per heavy atom. The van der Waals surface area contributed by atoms with E-state index < -0.39 is 6.29 Å². The lowest BCUT2D eigenvalue weighted by Gasteiger charge is -2.37. The van der Waals surface area contributed by atoms with Crippen molar-refractivity contribution in [2.24, 2.45) is 11.8 Å². The SMILES string of the molecule is CCCC1CC(C(=O)CCC(=O)CCOC)C(C)C(O)O1. The molecule has 1 aliphatic heterocycles. The molecule has 0 aromatic rings. The van der Waals surface area contributed by atoms with Gasteiger partial charge in [-0.05, 0) is 12.8 Å². The highest BCUT2D eigenvalue weighted by Gasteiger charge is 2.38. The number of methoxy groups -OCH3 is 1. The van der Waals surface area contributed by atoms with Crippen molar-refractivity contribution < 1.29 is 24.2 Å². The Hall–Kier alpha value is -0.780. The fourth-order valence-corrected chi connectivity index (χ4v) is 2.79. The van der Waals surface area contributed by atoms with Crippen LogP contribution in [0.1, 0.15) is 52.4 Å². The number of hydrogen-bond acceptors (Lipinski definition) is 5. The number of aliphatic hydroxyl groups excluding tert-OH is 1. The number of ether oxygens (including phenoxy) is 2. The van der Waals surface area contributed by atoms with Crippen molar-refractivity contribution in [1.82, 2.24) is 0 Å². The fraction of sp³-hybridized carbons (Fsp3) is 0.875. The van der Waals surface area contributed by atoms with E-state index in [9.17, 15) is 14.7 Å². The summed E-state index contributed by atoms with van der Waals surface area (Å²) in [6.07, 6.45) is 2.39. The van der Waals surface area contributed by atoms with Gasteiger partial charge >= 0.3 is 0 Å². The van der Waals surface area contributed by atoms with Crippen LogP contribution in [0.3, 0.4) is 0 Å². The number of ketones is 2. The Labute approximate surface area is 127 Å². The first-order valence-corrected chi connectivity index (χ1v) is 7.86. The molecule has 0 aromatic heterocycles. The van der Waals surface area contributed by atoms with Crippen molar-refractivity contribution in [2.75, 3.05) is 13.7 Å². The highest BCUT2D eigenvalue weighted by Crippen LogP contribution is 2.32. The Balaban J connectivity index is 2.48. The zero-order valence-corrected chi connectivity index (χ0v) is 13.3. The second-order valence-corrected chi connectivity index (χ2v) is 5.89. The van der Waals surface area contributed by atoms with Crippen LogP contribution in [0.4, 0.5) is 0 Å². The van der Waals surface area contributed by atoms with Crippen molar-refractivity contribution >= 4 is 11.6 Å². The van der Waals surface area contributed by atoms with Gasteiger partial charge in [0.15, 0.2) is 6.29 Å². The molecule has 5 nitrogen and oxygen atoms in total. The van der Waals surface area contributed by atoms with Crippen LogP contribution in [0.15, 0.2) is 0 Å². The Kier molecular flexibility index (Phi) is 8.07. The molecule has 4 atom stereocenters. The summed E-state index contributed by atoms with van der Waals surface area (Å²) in [7, 11) is 1.55. The molecule has 1 N–H and O–H groups in total. The van der Waals surface area contributed by atoms with E-state index in [1.165, 1.54) is 0 Å². The quantitative estimate of drug-likeness (QED) is 0.706. The molecule has 21 heavy (non-hydrogen) atoms. The molecule has 0 aromatic carbocycles. The third-order valence-corrected chi connectivity index (χ3v) is 4.19. The average molecular weight is 300 g/mol. The minimum absolute atomic E-state index is 0.0515. The van der Waals surface area contributed by atoms with Gasteiger partial charge in [0.05, 0.1) is 12.7 Å². The number of Topliss-reactive ketones (excluding diaryl/α,β-unsaturated/α-hetero) is 2. The largest absolute Gasteiger partial charge is 0.384 e. The van der Waals surface area contributed by atoms with E-state index >= 15 is 0 Å². The van der Waals surface area contributed by atoms with Gasteiger partial charge in [-0.25, -0.2) is 0 Å². The van der Waals surface area contributed by atoms with Gasteiger partial charge in [-0.2, -0.15) is 0 Å². The maximum absolute atomic E-state index is 12.3. The Morgan fingerprint density at radius 1 is 1.29 bits per heavy atom. The maximum atomic E-state index is 12.3. The second kappa shape index (κ2) is 9.28. The minimum atomic E-state index is -0.881. The molecule has 1 fully saturated rings. The smallest absolute Gasteiger partial charge is 0.158 e. The van der Waals surface area contributed by atoms with Crippen LogP contribution in [0.5, 0.6) is 0 Å². The first-order valence-electron chi connectivity index (χ1n) is 7.86. The van der Waals surface area contributed by atoms with Crippen LogP contribution < -0.4 is 0 Å². The molecule has 0 amide bonds. The predicted molar refractivity (Wildman–Crippen MR) is 78.8 cm³/mol. The maximum Gasteiger partial charge on any atom is 0.158 e. The van der Waals surface area contributed by atoms with E-state index in [-0.39, 0.29) is 42.3 Å². The van der Waals surface area contributed by atoms with E-state index in [0.717, 1.165) is 12.8 Å². The Morgan fingerprint density at radius 2 is 2.00 bits per heavy atom. The highest BCUT2D eigenvalue weighted by atomic mass is 16.6. The van der Waals surface area contributed by atoms with Gasteiger partial charge in [0.25, 0.3) is 0 Å². The van der Waals surface area contributed by atoms with Crippen LogP contribution in [-0.4, -0.2) is 42.8 Å². The van der Waals surface area contributed by atoms with Crippen LogP contribution in [0.25, 0.3) is 0 Å². The lowest BCUT2D eigenvalue weighted by atomic mass is 9.80. The zero-order chi connectivity index (χ0) is 15.8. The van der Waals surface area contributed by atoms with Crippen molar-refractivity contribution in [3.05, 3.63) is 0 Å². The normalized spacial score (nSPS) is 29.3. The molecule has 0 radical (unpaired) electrons.